The lowest BCUT2D eigenvalue weighted by molar-refractivity contribution is 0.259. The summed E-state index contributed by atoms with van der Waals surface area (Å²) < 4.78 is 0. The van der Waals surface area contributed by atoms with Crippen LogP contribution in [-0.4, -0.2) is 25.0 Å². The molecule has 1 aliphatic carbocycles. The molecule has 0 bridgehead atoms. The minimum absolute atomic E-state index is 0.436. The molecule has 2 heteroatoms. The van der Waals surface area contributed by atoms with Gasteiger partial charge in [0.25, 0.3) is 0 Å². The van der Waals surface area contributed by atoms with E-state index in [1.54, 1.807) is 0 Å². The van der Waals surface area contributed by atoms with Crippen LogP contribution in [0, 0.1) is 5.41 Å². The van der Waals surface area contributed by atoms with Gasteiger partial charge in [0.05, 0.1) is 0 Å². The Morgan fingerprint density at radius 1 is 1.26 bits per heavy atom. The first kappa shape index (κ1) is 14.5. The average Bonchev–Trinajstić information content (AvgIpc) is 3.19. The summed E-state index contributed by atoms with van der Waals surface area (Å²) in [6.07, 6.45) is 3.82. The van der Waals surface area contributed by atoms with Gasteiger partial charge in [-0.05, 0) is 55.3 Å². The molecule has 1 saturated carbocycles. The Kier molecular flexibility index (Phi) is 4.64. The highest BCUT2D eigenvalue weighted by molar-refractivity contribution is 5.25. The molecule has 2 rings (SSSR count). The van der Waals surface area contributed by atoms with Crippen molar-refractivity contribution < 1.29 is 0 Å². The van der Waals surface area contributed by atoms with Crippen molar-refractivity contribution in [3.05, 3.63) is 35.4 Å². The minimum Gasteiger partial charge on any atom is -0.330 e. The smallest absolute Gasteiger partial charge is 0.0230 e. The third-order valence-electron chi connectivity index (χ3n) is 4.61. The number of rotatable bonds is 7. The van der Waals surface area contributed by atoms with Crippen LogP contribution >= 0.6 is 0 Å². The van der Waals surface area contributed by atoms with E-state index < -0.39 is 0 Å². The maximum absolute atomic E-state index is 5.85. The lowest BCUT2D eigenvalue weighted by Gasteiger charge is -2.22. The van der Waals surface area contributed by atoms with Crippen molar-refractivity contribution in [2.75, 3.05) is 20.1 Å². The molecule has 0 aliphatic heterocycles. The van der Waals surface area contributed by atoms with Crippen LogP contribution in [0.5, 0.6) is 0 Å². The molecule has 1 unspecified atom stereocenters. The van der Waals surface area contributed by atoms with E-state index in [1.807, 2.05) is 0 Å². The van der Waals surface area contributed by atoms with E-state index in [0.717, 1.165) is 19.6 Å². The summed E-state index contributed by atoms with van der Waals surface area (Å²) in [5.74, 6) is 0.666. The van der Waals surface area contributed by atoms with Crippen molar-refractivity contribution in [2.24, 2.45) is 11.1 Å². The molecule has 19 heavy (non-hydrogen) atoms. The van der Waals surface area contributed by atoms with Crippen molar-refractivity contribution in [1.29, 1.82) is 0 Å². The van der Waals surface area contributed by atoms with Gasteiger partial charge in [0.15, 0.2) is 0 Å². The molecule has 106 valence electrons. The fourth-order valence-electron chi connectivity index (χ4n) is 2.73. The standard InChI is InChI=1S/C17H28N2/c1-4-14(2)16-7-5-15(6-8-16)11-19(3)13-17(12-18)9-10-17/h5-8,14H,4,9-13,18H2,1-3H3. The molecule has 1 aliphatic rings. The molecule has 0 saturated heterocycles. The van der Waals surface area contributed by atoms with Crippen LogP contribution in [0.3, 0.4) is 0 Å². The van der Waals surface area contributed by atoms with Crippen LogP contribution in [0.2, 0.25) is 0 Å². The van der Waals surface area contributed by atoms with Crippen molar-refractivity contribution in [1.82, 2.24) is 4.90 Å². The normalized spacial score (nSPS) is 18.6. The quantitative estimate of drug-likeness (QED) is 0.814. The van der Waals surface area contributed by atoms with Gasteiger partial charge in [0.2, 0.25) is 0 Å². The zero-order valence-corrected chi connectivity index (χ0v) is 12.7. The van der Waals surface area contributed by atoms with Crippen LogP contribution in [0.1, 0.15) is 50.2 Å². The predicted octanol–water partition coefficient (Wildman–Crippen LogP) is 3.37. The minimum atomic E-state index is 0.436. The first-order valence-electron chi connectivity index (χ1n) is 7.56. The van der Waals surface area contributed by atoms with E-state index in [-0.39, 0.29) is 0 Å². The van der Waals surface area contributed by atoms with E-state index in [0.29, 0.717) is 11.3 Å². The molecule has 0 amide bonds. The highest BCUT2D eigenvalue weighted by Crippen LogP contribution is 2.45. The number of benzene rings is 1. The summed E-state index contributed by atoms with van der Waals surface area (Å²) in [6, 6.07) is 9.13. The van der Waals surface area contributed by atoms with Crippen LogP contribution in [-0.2, 0) is 6.54 Å². The van der Waals surface area contributed by atoms with Gasteiger partial charge in [-0.3, -0.25) is 0 Å². The van der Waals surface area contributed by atoms with Gasteiger partial charge in [-0.1, -0.05) is 38.1 Å². The maximum Gasteiger partial charge on any atom is 0.0230 e. The van der Waals surface area contributed by atoms with E-state index in [2.05, 4.69) is 50.1 Å². The Hall–Kier alpha value is -0.860. The van der Waals surface area contributed by atoms with Gasteiger partial charge in [0.1, 0.15) is 0 Å². The molecule has 2 nitrogen and oxygen atoms in total. The second kappa shape index (κ2) is 6.06. The maximum atomic E-state index is 5.85. The average molecular weight is 260 g/mol. The highest BCUT2D eigenvalue weighted by atomic mass is 15.1. The second-order valence-electron chi connectivity index (χ2n) is 6.43. The van der Waals surface area contributed by atoms with Crippen LogP contribution in [0.25, 0.3) is 0 Å². The zero-order chi connectivity index (χ0) is 13.9. The SMILES string of the molecule is CCC(C)c1ccc(CN(C)CC2(CN)CC2)cc1. The molecule has 0 radical (unpaired) electrons. The van der Waals surface area contributed by atoms with Gasteiger partial charge in [-0.2, -0.15) is 0 Å². The fourth-order valence-corrected chi connectivity index (χ4v) is 2.73. The lowest BCUT2D eigenvalue weighted by atomic mass is 9.97. The molecule has 1 fully saturated rings. The second-order valence-corrected chi connectivity index (χ2v) is 6.43. The third-order valence-corrected chi connectivity index (χ3v) is 4.61. The molecule has 0 spiro atoms. The van der Waals surface area contributed by atoms with Gasteiger partial charge < -0.3 is 10.6 Å². The topological polar surface area (TPSA) is 29.3 Å². The van der Waals surface area contributed by atoms with E-state index in [1.165, 1.54) is 30.4 Å². The van der Waals surface area contributed by atoms with Gasteiger partial charge in [-0.25, -0.2) is 0 Å². The van der Waals surface area contributed by atoms with Gasteiger partial charge >= 0.3 is 0 Å². The number of nitrogens with zero attached hydrogens (tertiary/aromatic N) is 1. The van der Waals surface area contributed by atoms with Crippen LogP contribution < -0.4 is 5.73 Å². The first-order chi connectivity index (χ1) is 9.08. The number of hydrogen-bond acceptors (Lipinski definition) is 2. The number of nitrogens with two attached hydrogens (primary N) is 1. The van der Waals surface area contributed by atoms with Crippen molar-refractivity contribution in [3.63, 3.8) is 0 Å². The number of hydrogen-bond donors (Lipinski definition) is 1. The van der Waals surface area contributed by atoms with Crippen LogP contribution in [0.15, 0.2) is 24.3 Å². The molecule has 1 aromatic carbocycles. The van der Waals surface area contributed by atoms with Crippen molar-refractivity contribution >= 4 is 0 Å². The fraction of sp³-hybridized carbons (Fsp3) is 0.647. The van der Waals surface area contributed by atoms with Crippen molar-refractivity contribution in [2.45, 2.75) is 45.6 Å². The summed E-state index contributed by atoms with van der Waals surface area (Å²) in [5.41, 5.74) is 9.15. The molecular formula is C17H28N2. The monoisotopic (exact) mass is 260 g/mol. The Bertz CT molecular complexity index is 392. The molecule has 1 aromatic rings. The van der Waals surface area contributed by atoms with Crippen LogP contribution in [0.4, 0.5) is 0 Å². The molecule has 1 atom stereocenters. The zero-order valence-electron chi connectivity index (χ0n) is 12.7. The van der Waals surface area contributed by atoms with E-state index in [9.17, 15) is 0 Å². The summed E-state index contributed by atoms with van der Waals surface area (Å²) in [4.78, 5) is 2.41. The molecule has 0 heterocycles. The van der Waals surface area contributed by atoms with E-state index in [4.69, 9.17) is 5.73 Å². The Balaban J connectivity index is 1.88. The summed E-state index contributed by atoms with van der Waals surface area (Å²) in [7, 11) is 2.21. The molecule has 0 aromatic heterocycles. The molecule has 2 N–H and O–H groups in total. The highest BCUT2D eigenvalue weighted by Gasteiger charge is 2.41. The van der Waals surface area contributed by atoms with Gasteiger partial charge in [-0.15, -0.1) is 0 Å². The summed E-state index contributed by atoms with van der Waals surface area (Å²) in [5, 5.41) is 0. The lowest BCUT2D eigenvalue weighted by Crippen LogP contribution is -2.31. The third kappa shape index (κ3) is 3.80. The first-order valence-corrected chi connectivity index (χ1v) is 7.56. The Morgan fingerprint density at radius 3 is 2.37 bits per heavy atom. The van der Waals surface area contributed by atoms with Gasteiger partial charge in [0, 0.05) is 13.1 Å². The van der Waals surface area contributed by atoms with E-state index >= 15 is 0 Å². The summed E-state index contributed by atoms with van der Waals surface area (Å²) >= 11 is 0. The Labute approximate surface area is 118 Å². The predicted molar refractivity (Wildman–Crippen MR) is 82.2 cm³/mol. The Morgan fingerprint density at radius 2 is 1.89 bits per heavy atom. The van der Waals surface area contributed by atoms with Crippen molar-refractivity contribution in [3.8, 4) is 0 Å². The summed E-state index contributed by atoms with van der Waals surface area (Å²) in [6.45, 7) is 7.54. The largest absolute Gasteiger partial charge is 0.330 e. The molecular weight excluding hydrogens is 232 g/mol.